The summed E-state index contributed by atoms with van der Waals surface area (Å²) in [4.78, 5) is 0. The molecule has 120 valence electrons. The van der Waals surface area contributed by atoms with Gasteiger partial charge in [0.2, 0.25) is 0 Å². The van der Waals surface area contributed by atoms with Crippen molar-refractivity contribution in [3.05, 3.63) is 29.3 Å². The number of benzene rings is 1. The van der Waals surface area contributed by atoms with Crippen molar-refractivity contribution in [1.29, 1.82) is 0 Å². The molecule has 0 radical (unpaired) electrons. The molecule has 1 aromatic rings. The summed E-state index contributed by atoms with van der Waals surface area (Å²) in [5, 5.41) is 27.9. The number of aryl methyl sites for hydroxylation is 1. The fourth-order valence-electron chi connectivity index (χ4n) is 2.70. The lowest BCUT2D eigenvalue weighted by Gasteiger charge is -2.15. The van der Waals surface area contributed by atoms with Crippen LogP contribution in [0, 0.1) is 19.8 Å². The van der Waals surface area contributed by atoms with Gasteiger partial charge in [0, 0.05) is 0 Å². The SMILES string of the molecule is CC[C@@H](O)CC[C@@H]1CCC[C@H]1O.Cc1cccc(O)c1C. The highest BCUT2D eigenvalue weighted by molar-refractivity contribution is 5.36. The van der Waals surface area contributed by atoms with Crippen molar-refractivity contribution in [2.75, 3.05) is 0 Å². The topological polar surface area (TPSA) is 60.7 Å². The van der Waals surface area contributed by atoms with E-state index >= 15 is 0 Å². The minimum Gasteiger partial charge on any atom is -0.508 e. The average molecular weight is 294 g/mol. The minimum atomic E-state index is -0.155. The molecule has 0 amide bonds. The molecule has 3 atom stereocenters. The molecule has 2 rings (SSSR count). The summed E-state index contributed by atoms with van der Waals surface area (Å²) in [6.07, 6.45) is 5.72. The molecule has 3 nitrogen and oxygen atoms in total. The predicted octanol–water partition coefficient (Wildman–Crippen LogP) is 3.71. The van der Waals surface area contributed by atoms with Gasteiger partial charge < -0.3 is 15.3 Å². The van der Waals surface area contributed by atoms with Gasteiger partial charge in [-0.2, -0.15) is 0 Å². The van der Waals surface area contributed by atoms with Gasteiger partial charge >= 0.3 is 0 Å². The molecule has 3 N–H and O–H groups in total. The summed E-state index contributed by atoms with van der Waals surface area (Å²) in [6, 6.07) is 5.52. The second-order valence-corrected chi connectivity index (χ2v) is 6.12. The quantitative estimate of drug-likeness (QED) is 0.793. The average Bonchev–Trinajstić information content (AvgIpc) is 2.88. The van der Waals surface area contributed by atoms with Crippen molar-refractivity contribution < 1.29 is 15.3 Å². The van der Waals surface area contributed by atoms with Gasteiger partial charge in [0.05, 0.1) is 12.2 Å². The fraction of sp³-hybridized carbons (Fsp3) is 0.667. The zero-order valence-electron chi connectivity index (χ0n) is 13.5. The van der Waals surface area contributed by atoms with Gasteiger partial charge in [-0.1, -0.05) is 25.5 Å². The van der Waals surface area contributed by atoms with E-state index in [1.54, 1.807) is 6.07 Å². The van der Waals surface area contributed by atoms with Crippen molar-refractivity contribution in [2.45, 2.75) is 71.5 Å². The molecule has 0 saturated heterocycles. The van der Waals surface area contributed by atoms with Crippen LogP contribution in [0.15, 0.2) is 18.2 Å². The van der Waals surface area contributed by atoms with Gasteiger partial charge in [-0.3, -0.25) is 0 Å². The molecular formula is C18H30O3. The number of hydrogen-bond acceptors (Lipinski definition) is 3. The second kappa shape index (κ2) is 9.06. The Kier molecular flexibility index (Phi) is 7.76. The number of rotatable bonds is 4. The molecule has 3 heteroatoms. The molecule has 0 bridgehead atoms. The van der Waals surface area contributed by atoms with Gasteiger partial charge in [-0.25, -0.2) is 0 Å². The summed E-state index contributed by atoms with van der Waals surface area (Å²) in [7, 11) is 0. The number of phenols is 1. The standard InChI is InChI=1S/C10H20O2.C8H10O/c1-2-9(11)7-6-8-4-3-5-10(8)12;1-6-4-3-5-8(9)7(6)2/h8-12H,2-7H2,1H3;3-5,9H,1-2H3/t8-,9+,10+;/m0./s1. The smallest absolute Gasteiger partial charge is 0.118 e. The number of aliphatic hydroxyl groups excluding tert-OH is 2. The van der Waals surface area contributed by atoms with Crippen LogP contribution in [0.25, 0.3) is 0 Å². The van der Waals surface area contributed by atoms with Crippen molar-refractivity contribution in [3.8, 4) is 5.75 Å². The van der Waals surface area contributed by atoms with Crippen LogP contribution in [0.1, 0.15) is 56.6 Å². The number of aromatic hydroxyl groups is 1. The van der Waals surface area contributed by atoms with Crippen LogP contribution in [0.4, 0.5) is 0 Å². The summed E-state index contributed by atoms with van der Waals surface area (Å²) in [6.45, 7) is 5.88. The Bertz CT molecular complexity index is 397. The van der Waals surface area contributed by atoms with E-state index in [4.69, 9.17) is 5.11 Å². The van der Waals surface area contributed by atoms with E-state index < -0.39 is 0 Å². The molecule has 0 heterocycles. The first-order chi connectivity index (χ1) is 9.95. The second-order valence-electron chi connectivity index (χ2n) is 6.12. The van der Waals surface area contributed by atoms with Crippen LogP contribution < -0.4 is 0 Å². The van der Waals surface area contributed by atoms with Crippen LogP contribution >= 0.6 is 0 Å². The highest BCUT2D eigenvalue weighted by Crippen LogP contribution is 2.29. The number of phenolic OH excluding ortho intramolecular Hbond substituents is 1. The zero-order valence-corrected chi connectivity index (χ0v) is 13.5. The normalized spacial score (nSPS) is 22.5. The van der Waals surface area contributed by atoms with Gasteiger partial charge in [0.1, 0.15) is 5.75 Å². The summed E-state index contributed by atoms with van der Waals surface area (Å²) in [5.41, 5.74) is 2.10. The van der Waals surface area contributed by atoms with Crippen LogP contribution in [0.5, 0.6) is 5.75 Å². The minimum absolute atomic E-state index is 0.0888. The van der Waals surface area contributed by atoms with Crippen LogP contribution in [-0.2, 0) is 0 Å². The third kappa shape index (κ3) is 6.06. The van der Waals surface area contributed by atoms with Crippen LogP contribution in [-0.4, -0.2) is 27.5 Å². The molecule has 0 spiro atoms. The van der Waals surface area contributed by atoms with Crippen molar-refractivity contribution >= 4 is 0 Å². The molecule has 1 aliphatic rings. The zero-order chi connectivity index (χ0) is 15.8. The van der Waals surface area contributed by atoms with Gasteiger partial charge in [-0.05, 0) is 69.1 Å². The molecule has 0 unspecified atom stereocenters. The van der Waals surface area contributed by atoms with E-state index in [1.807, 2.05) is 32.9 Å². The van der Waals surface area contributed by atoms with E-state index in [9.17, 15) is 10.2 Å². The van der Waals surface area contributed by atoms with Gasteiger partial charge in [0.15, 0.2) is 0 Å². The first-order valence-electron chi connectivity index (χ1n) is 8.07. The molecule has 1 aliphatic carbocycles. The Morgan fingerprint density at radius 3 is 2.43 bits per heavy atom. The van der Waals surface area contributed by atoms with E-state index in [0.29, 0.717) is 11.7 Å². The molecule has 1 saturated carbocycles. The Morgan fingerprint density at radius 1 is 1.24 bits per heavy atom. The Hall–Kier alpha value is -1.06. The molecule has 1 aromatic carbocycles. The van der Waals surface area contributed by atoms with Crippen LogP contribution in [0.3, 0.4) is 0 Å². The Balaban J connectivity index is 0.000000219. The fourth-order valence-corrected chi connectivity index (χ4v) is 2.70. The third-order valence-electron chi connectivity index (χ3n) is 4.54. The Morgan fingerprint density at radius 2 is 1.95 bits per heavy atom. The number of hydrogen-bond donors (Lipinski definition) is 3. The largest absolute Gasteiger partial charge is 0.508 e. The lowest BCUT2D eigenvalue weighted by atomic mass is 9.97. The van der Waals surface area contributed by atoms with Crippen molar-refractivity contribution in [3.63, 3.8) is 0 Å². The summed E-state index contributed by atoms with van der Waals surface area (Å²) in [5.74, 6) is 0.848. The van der Waals surface area contributed by atoms with E-state index in [1.165, 1.54) is 0 Å². The lowest BCUT2D eigenvalue weighted by Crippen LogP contribution is -2.15. The highest BCUT2D eigenvalue weighted by Gasteiger charge is 2.24. The van der Waals surface area contributed by atoms with Gasteiger partial charge in [-0.15, -0.1) is 0 Å². The first kappa shape index (κ1) is 18.0. The van der Waals surface area contributed by atoms with Crippen LogP contribution in [0.2, 0.25) is 0 Å². The first-order valence-corrected chi connectivity index (χ1v) is 8.07. The summed E-state index contributed by atoms with van der Waals surface area (Å²) >= 11 is 0. The van der Waals surface area contributed by atoms with Crippen molar-refractivity contribution in [2.24, 2.45) is 5.92 Å². The predicted molar refractivity (Wildman–Crippen MR) is 86.5 cm³/mol. The van der Waals surface area contributed by atoms with Gasteiger partial charge in [0.25, 0.3) is 0 Å². The van der Waals surface area contributed by atoms with E-state index in [-0.39, 0.29) is 12.2 Å². The number of aliphatic hydroxyl groups is 2. The maximum Gasteiger partial charge on any atom is 0.118 e. The molecule has 1 fully saturated rings. The highest BCUT2D eigenvalue weighted by atomic mass is 16.3. The molecule has 0 aromatic heterocycles. The molecule has 21 heavy (non-hydrogen) atoms. The summed E-state index contributed by atoms with van der Waals surface area (Å²) < 4.78 is 0. The van der Waals surface area contributed by atoms with Crippen molar-refractivity contribution in [1.82, 2.24) is 0 Å². The van der Waals surface area contributed by atoms with E-state index in [2.05, 4.69) is 0 Å². The maximum absolute atomic E-state index is 9.49. The monoisotopic (exact) mass is 294 g/mol. The van der Waals surface area contributed by atoms with E-state index in [0.717, 1.165) is 49.7 Å². The maximum atomic E-state index is 9.49. The Labute approximate surface area is 128 Å². The molecular weight excluding hydrogens is 264 g/mol. The third-order valence-corrected chi connectivity index (χ3v) is 4.54. The lowest BCUT2D eigenvalue weighted by molar-refractivity contribution is 0.104. The molecule has 0 aliphatic heterocycles.